The average Bonchev–Trinajstić information content (AvgIpc) is 2.39. The van der Waals surface area contributed by atoms with E-state index in [0.717, 1.165) is 0 Å². The third-order valence-electron chi connectivity index (χ3n) is 3.78. The van der Waals surface area contributed by atoms with Crippen LogP contribution >= 0.6 is 11.6 Å². The summed E-state index contributed by atoms with van der Waals surface area (Å²) in [5.41, 5.74) is 0.440. The fourth-order valence-electron chi connectivity index (χ4n) is 2.56. The van der Waals surface area contributed by atoms with Gasteiger partial charge in [0.15, 0.2) is 0 Å². The highest BCUT2D eigenvalue weighted by Gasteiger charge is 2.41. The molecule has 0 bridgehead atoms. The molecular formula is C14H16ClF4N. The lowest BCUT2D eigenvalue weighted by atomic mass is 9.85. The Balaban J connectivity index is 1.83. The number of alkyl halides is 3. The Morgan fingerprint density at radius 1 is 1.15 bits per heavy atom. The van der Waals surface area contributed by atoms with Gasteiger partial charge in [0.25, 0.3) is 0 Å². The van der Waals surface area contributed by atoms with Crippen molar-refractivity contribution in [2.75, 3.05) is 0 Å². The SMILES string of the molecule is Fc1ccc(Cl)cc1CNC1CCC(C(F)(F)F)CC1. The van der Waals surface area contributed by atoms with Crippen LogP contribution in [0.3, 0.4) is 0 Å². The van der Waals surface area contributed by atoms with Gasteiger partial charge in [0.2, 0.25) is 0 Å². The molecule has 112 valence electrons. The molecule has 0 amide bonds. The van der Waals surface area contributed by atoms with Crippen molar-refractivity contribution in [3.63, 3.8) is 0 Å². The van der Waals surface area contributed by atoms with Crippen LogP contribution in [-0.4, -0.2) is 12.2 Å². The van der Waals surface area contributed by atoms with Crippen LogP contribution in [0, 0.1) is 11.7 Å². The quantitative estimate of drug-likeness (QED) is 0.799. The lowest BCUT2D eigenvalue weighted by molar-refractivity contribution is -0.182. The number of halogens is 5. The maximum Gasteiger partial charge on any atom is 0.391 e. The lowest BCUT2D eigenvalue weighted by Gasteiger charge is -2.30. The number of hydrogen-bond acceptors (Lipinski definition) is 1. The summed E-state index contributed by atoms with van der Waals surface area (Å²) in [5, 5.41) is 3.56. The third kappa shape index (κ3) is 4.09. The van der Waals surface area contributed by atoms with Gasteiger partial charge in [-0.15, -0.1) is 0 Å². The lowest BCUT2D eigenvalue weighted by Crippen LogP contribution is -2.36. The predicted octanol–water partition coefficient (Wildman–Crippen LogP) is 4.69. The highest BCUT2D eigenvalue weighted by atomic mass is 35.5. The topological polar surface area (TPSA) is 12.0 Å². The fraction of sp³-hybridized carbons (Fsp3) is 0.571. The van der Waals surface area contributed by atoms with Gasteiger partial charge in [0.1, 0.15) is 5.82 Å². The first kappa shape index (κ1) is 15.6. The second-order valence-corrected chi connectivity index (χ2v) is 5.64. The molecule has 1 N–H and O–H groups in total. The minimum Gasteiger partial charge on any atom is -0.310 e. The number of rotatable bonds is 3. The van der Waals surface area contributed by atoms with Gasteiger partial charge >= 0.3 is 6.18 Å². The van der Waals surface area contributed by atoms with E-state index in [4.69, 9.17) is 11.6 Å². The van der Waals surface area contributed by atoms with Crippen LogP contribution in [0.15, 0.2) is 18.2 Å². The van der Waals surface area contributed by atoms with Crippen molar-refractivity contribution in [3.05, 3.63) is 34.6 Å². The van der Waals surface area contributed by atoms with E-state index in [9.17, 15) is 17.6 Å². The molecule has 1 fully saturated rings. The molecule has 0 spiro atoms. The molecule has 0 aliphatic heterocycles. The van der Waals surface area contributed by atoms with Gasteiger partial charge in [-0.1, -0.05) is 11.6 Å². The first-order valence-electron chi connectivity index (χ1n) is 6.60. The zero-order valence-electron chi connectivity index (χ0n) is 10.8. The maximum absolute atomic E-state index is 13.5. The van der Waals surface area contributed by atoms with E-state index in [2.05, 4.69) is 5.32 Å². The zero-order chi connectivity index (χ0) is 14.8. The first-order chi connectivity index (χ1) is 9.36. The van der Waals surface area contributed by atoms with Gasteiger partial charge in [-0.3, -0.25) is 0 Å². The summed E-state index contributed by atoms with van der Waals surface area (Å²) in [4.78, 5) is 0. The maximum atomic E-state index is 13.5. The Kier molecular flexibility index (Phi) is 4.91. The molecule has 1 aliphatic carbocycles. The summed E-state index contributed by atoms with van der Waals surface area (Å²) in [5.74, 6) is -1.55. The Bertz CT molecular complexity index is 453. The molecule has 1 nitrogen and oxygen atoms in total. The summed E-state index contributed by atoms with van der Waals surface area (Å²) in [6.07, 6.45) is -2.89. The van der Waals surface area contributed by atoms with Crippen molar-refractivity contribution in [2.24, 2.45) is 5.92 Å². The number of hydrogen-bond donors (Lipinski definition) is 1. The molecule has 1 aliphatic rings. The molecule has 0 radical (unpaired) electrons. The van der Waals surface area contributed by atoms with E-state index in [1.807, 2.05) is 0 Å². The van der Waals surface area contributed by atoms with Crippen molar-refractivity contribution in [2.45, 2.75) is 44.4 Å². The molecular weight excluding hydrogens is 294 g/mol. The summed E-state index contributed by atoms with van der Waals surface area (Å²) < 4.78 is 51.1. The van der Waals surface area contributed by atoms with Gasteiger partial charge in [0.05, 0.1) is 5.92 Å². The minimum atomic E-state index is -4.09. The van der Waals surface area contributed by atoms with Crippen molar-refractivity contribution in [1.29, 1.82) is 0 Å². The van der Waals surface area contributed by atoms with E-state index in [0.29, 0.717) is 23.4 Å². The smallest absolute Gasteiger partial charge is 0.310 e. The predicted molar refractivity (Wildman–Crippen MR) is 70.1 cm³/mol. The third-order valence-corrected chi connectivity index (χ3v) is 4.01. The van der Waals surface area contributed by atoms with E-state index in [1.54, 1.807) is 0 Å². The first-order valence-corrected chi connectivity index (χ1v) is 6.98. The standard InChI is InChI=1S/C14H16ClF4N/c15-11-3-6-13(16)9(7-11)8-20-12-4-1-10(2-5-12)14(17,18)19/h3,6-7,10,12,20H,1-2,4-5,8H2. The second kappa shape index (κ2) is 6.31. The zero-order valence-corrected chi connectivity index (χ0v) is 11.6. The fourth-order valence-corrected chi connectivity index (χ4v) is 2.75. The molecule has 1 aromatic carbocycles. The van der Waals surface area contributed by atoms with Crippen molar-refractivity contribution < 1.29 is 17.6 Å². The molecule has 0 saturated heterocycles. The molecule has 20 heavy (non-hydrogen) atoms. The van der Waals surface area contributed by atoms with Crippen molar-refractivity contribution in [1.82, 2.24) is 5.32 Å². The number of nitrogens with one attached hydrogen (secondary N) is 1. The monoisotopic (exact) mass is 309 g/mol. The minimum absolute atomic E-state index is 0.00646. The highest BCUT2D eigenvalue weighted by Crippen LogP contribution is 2.37. The van der Waals surface area contributed by atoms with Crippen LogP contribution in [0.5, 0.6) is 0 Å². The number of benzene rings is 1. The van der Waals surface area contributed by atoms with E-state index < -0.39 is 12.1 Å². The Morgan fingerprint density at radius 3 is 2.40 bits per heavy atom. The molecule has 2 rings (SSSR count). The van der Waals surface area contributed by atoms with E-state index >= 15 is 0 Å². The van der Waals surface area contributed by atoms with Gasteiger partial charge in [-0.25, -0.2) is 4.39 Å². The van der Waals surface area contributed by atoms with Gasteiger partial charge in [0, 0.05) is 23.2 Å². The molecule has 0 aromatic heterocycles. The highest BCUT2D eigenvalue weighted by molar-refractivity contribution is 6.30. The normalized spacial score (nSPS) is 23.9. The molecule has 1 saturated carbocycles. The Hall–Kier alpha value is -0.810. The van der Waals surface area contributed by atoms with Gasteiger partial charge in [-0.05, 0) is 43.9 Å². The summed E-state index contributed by atoms with van der Waals surface area (Å²) in [7, 11) is 0. The Labute approximate surface area is 120 Å². The molecule has 6 heteroatoms. The van der Waals surface area contributed by atoms with Crippen molar-refractivity contribution in [3.8, 4) is 0 Å². The second-order valence-electron chi connectivity index (χ2n) is 5.21. The van der Waals surface area contributed by atoms with Crippen LogP contribution in [0.4, 0.5) is 17.6 Å². The molecule has 1 aromatic rings. The molecule has 0 atom stereocenters. The van der Waals surface area contributed by atoms with Gasteiger partial charge in [-0.2, -0.15) is 13.2 Å². The van der Waals surface area contributed by atoms with Crippen LogP contribution in [0.2, 0.25) is 5.02 Å². The molecule has 0 heterocycles. The average molecular weight is 310 g/mol. The van der Waals surface area contributed by atoms with Crippen molar-refractivity contribution >= 4 is 11.6 Å². The van der Waals surface area contributed by atoms with Crippen LogP contribution < -0.4 is 5.32 Å². The summed E-state index contributed by atoms with van der Waals surface area (Å²) in [6, 6.07) is 4.30. The van der Waals surface area contributed by atoms with Gasteiger partial charge < -0.3 is 5.32 Å². The largest absolute Gasteiger partial charge is 0.391 e. The molecule has 0 unspecified atom stereocenters. The van der Waals surface area contributed by atoms with Crippen LogP contribution in [-0.2, 0) is 6.54 Å². The van der Waals surface area contributed by atoms with E-state index in [-0.39, 0.29) is 31.2 Å². The van der Waals surface area contributed by atoms with Crippen LogP contribution in [0.1, 0.15) is 31.2 Å². The Morgan fingerprint density at radius 2 is 1.80 bits per heavy atom. The summed E-state index contributed by atoms with van der Waals surface area (Å²) >= 11 is 5.79. The van der Waals surface area contributed by atoms with Crippen LogP contribution in [0.25, 0.3) is 0 Å². The summed E-state index contributed by atoms with van der Waals surface area (Å²) in [6.45, 7) is 0.285. The van der Waals surface area contributed by atoms with E-state index in [1.165, 1.54) is 18.2 Å².